The van der Waals surface area contributed by atoms with Crippen molar-refractivity contribution >= 4 is 15.7 Å². The topological polar surface area (TPSA) is 86.7 Å². The number of amides is 1. The lowest BCUT2D eigenvalue weighted by Crippen LogP contribution is -2.53. The van der Waals surface area contributed by atoms with E-state index in [9.17, 15) is 13.2 Å². The maximum absolute atomic E-state index is 12.1. The summed E-state index contributed by atoms with van der Waals surface area (Å²) in [4.78, 5) is 14.1. The highest BCUT2D eigenvalue weighted by atomic mass is 32.2. The fourth-order valence-electron chi connectivity index (χ4n) is 2.94. The summed E-state index contributed by atoms with van der Waals surface area (Å²) >= 11 is 0. The lowest BCUT2D eigenvalue weighted by molar-refractivity contribution is -0.124. The minimum absolute atomic E-state index is 0.0230. The average Bonchev–Trinajstić information content (AvgIpc) is 2.50. The van der Waals surface area contributed by atoms with Crippen LogP contribution in [0, 0.1) is 0 Å². The first-order chi connectivity index (χ1) is 9.34. The highest BCUT2D eigenvalue weighted by molar-refractivity contribution is 7.91. The summed E-state index contributed by atoms with van der Waals surface area (Å²) in [5, 5.41) is 11.9. The lowest BCUT2D eigenvalue weighted by Gasteiger charge is -2.37. The Balaban J connectivity index is 1.87. The molecule has 0 radical (unpaired) electrons. The molecule has 0 spiro atoms. The minimum Gasteiger partial charge on any atom is -0.395 e. The van der Waals surface area contributed by atoms with Crippen LogP contribution in [-0.2, 0) is 14.6 Å². The van der Waals surface area contributed by atoms with Crippen LogP contribution in [0.5, 0.6) is 0 Å². The van der Waals surface area contributed by atoms with Gasteiger partial charge in [-0.25, -0.2) is 8.42 Å². The monoisotopic (exact) mass is 304 g/mol. The van der Waals surface area contributed by atoms with Crippen LogP contribution in [0.25, 0.3) is 0 Å². The van der Waals surface area contributed by atoms with E-state index in [0.29, 0.717) is 19.0 Å². The standard InChI is InChI=1S/C13H24N2O4S/c1-13(5-8-20(18,19)10-13)14-12(17)9-15(6-7-16)11-3-2-4-11/h11,16H,2-10H2,1H3,(H,14,17). The second kappa shape index (κ2) is 5.99. The van der Waals surface area contributed by atoms with E-state index in [1.807, 2.05) is 4.90 Å². The van der Waals surface area contributed by atoms with Gasteiger partial charge in [0.05, 0.1) is 30.2 Å². The predicted molar refractivity (Wildman–Crippen MR) is 76.1 cm³/mol. The fourth-order valence-corrected chi connectivity index (χ4v) is 5.03. The predicted octanol–water partition coefficient (Wildman–Crippen LogP) is -0.473. The summed E-state index contributed by atoms with van der Waals surface area (Å²) in [7, 11) is -3.02. The first kappa shape index (κ1) is 15.7. The van der Waals surface area contributed by atoms with E-state index < -0.39 is 15.4 Å². The van der Waals surface area contributed by atoms with Crippen LogP contribution in [0.15, 0.2) is 0 Å². The van der Waals surface area contributed by atoms with Crippen molar-refractivity contribution in [2.75, 3.05) is 31.2 Å². The highest BCUT2D eigenvalue weighted by Crippen LogP contribution is 2.25. The molecule has 7 heteroatoms. The van der Waals surface area contributed by atoms with Crippen molar-refractivity contribution in [2.45, 2.75) is 44.2 Å². The number of nitrogens with one attached hydrogen (secondary N) is 1. The van der Waals surface area contributed by atoms with E-state index in [0.717, 1.165) is 12.8 Å². The molecule has 0 aromatic rings. The molecular formula is C13H24N2O4S. The summed E-state index contributed by atoms with van der Waals surface area (Å²) in [6, 6.07) is 0.382. The molecule has 1 aliphatic heterocycles. The van der Waals surface area contributed by atoms with Gasteiger partial charge in [-0.15, -0.1) is 0 Å². The maximum atomic E-state index is 12.1. The van der Waals surface area contributed by atoms with E-state index in [1.54, 1.807) is 6.92 Å². The molecule has 1 amide bonds. The molecule has 2 fully saturated rings. The van der Waals surface area contributed by atoms with E-state index in [4.69, 9.17) is 5.11 Å². The molecule has 6 nitrogen and oxygen atoms in total. The van der Waals surface area contributed by atoms with E-state index in [-0.39, 0.29) is 30.6 Å². The molecule has 116 valence electrons. The summed E-state index contributed by atoms with van der Waals surface area (Å²) in [6.45, 7) is 2.55. The third kappa shape index (κ3) is 3.93. The number of rotatable bonds is 6. The number of hydrogen-bond donors (Lipinski definition) is 2. The molecule has 1 atom stereocenters. The molecule has 0 bridgehead atoms. The van der Waals surface area contributed by atoms with Crippen LogP contribution in [0.2, 0.25) is 0 Å². The second-order valence-corrected chi connectivity index (χ2v) is 8.41. The van der Waals surface area contributed by atoms with Crippen LogP contribution in [-0.4, -0.2) is 67.1 Å². The minimum atomic E-state index is -3.02. The van der Waals surface area contributed by atoms with E-state index >= 15 is 0 Å². The molecule has 1 unspecified atom stereocenters. The van der Waals surface area contributed by atoms with Crippen LogP contribution in [0.3, 0.4) is 0 Å². The molecule has 1 saturated heterocycles. The summed E-state index contributed by atoms with van der Waals surface area (Å²) < 4.78 is 23.0. The first-order valence-electron chi connectivity index (χ1n) is 7.20. The largest absolute Gasteiger partial charge is 0.395 e. The molecular weight excluding hydrogens is 280 g/mol. The van der Waals surface area contributed by atoms with Crippen LogP contribution >= 0.6 is 0 Å². The Morgan fingerprint density at radius 3 is 2.60 bits per heavy atom. The average molecular weight is 304 g/mol. The molecule has 1 saturated carbocycles. The molecule has 2 rings (SSSR count). The van der Waals surface area contributed by atoms with Crippen molar-refractivity contribution in [2.24, 2.45) is 0 Å². The van der Waals surface area contributed by atoms with Gasteiger partial charge in [0.15, 0.2) is 9.84 Å². The van der Waals surface area contributed by atoms with E-state index in [1.165, 1.54) is 6.42 Å². The lowest BCUT2D eigenvalue weighted by atomic mass is 9.91. The molecule has 1 heterocycles. The van der Waals surface area contributed by atoms with Gasteiger partial charge in [0, 0.05) is 12.6 Å². The number of nitrogens with zero attached hydrogens (tertiary/aromatic N) is 1. The molecule has 2 N–H and O–H groups in total. The molecule has 2 aliphatic rings. The zero-order chi connectivity index (χ0) is 14.8. The zero-order valence-electron chi connectivity index (χ0n) is 12.0. The Morgan fingerprint density at radius 2 is 2.15 bits per heavy atom. The van der Waals surface area contributed by atoms with Gasteiger partial charge in [0.2, 0.25) is 5.91 Å². The molecule has 0 aromatic heterocycles. The number of sulfone groups is 1. The van der Waals surface area contributed by atoms with Crippen molar-refractivity contribution in [3.05, 3.63) is 0 Å². The zero-order valence-corrected chi connectivity index (χ0v) is 12.8. The molecule has 20 heavy (non-hydrogen) atoms. The van der Waals surface area contributed by atoms with Crippen LogP contribution < -0.4 is 5.32 Å². The van der Waals surface area contributed by atoms with Gasteiger partial charge < -0.3 is 10.4 Å². The summed E-state index contributed by atoms with van der Waals surface area (Å²) in [5.74, 6) is 0.0204. The highest BCUT2D eigenvalue weighted by Gasteiger charge is 2.39. The number of aliphatic hydroxyl groups is 1. The SMILES string of the molecule is CC1(NC(=O)CN(CCO)C2CCC2)CCS(=O)(=O)C1. The molecule has 0 aromatic carbocycles. The third-order valence-electron chi connectivity index (χ3n) is 4.27. The van der Waals surface area contributed by atoms with Crippen molar-refractivity contribution in [1.29, 1.82) is 0 Å². The summed E-state index contributed by atoms with van der Waals surface area (Å²) in [6.07, 6.45) is 3.78. The Morgan fingerprint density at radius 1 is 1.45 bits per heavy atom. The third-order valence-corrected chi connectivity index (χ3v) is 6.17. The Hall–Kier alpha value is -0.660. The second-order valence-electron chi connectivity index (χ2n) is 6.23. The van der Waals surface area contributed by atoms with Gasteiger partial charge in [-0.3, -0.25) is 9.69 Å². The van der Waals surface area contributed by atoms with Gasteiger partial charge in [-0.05, 0) is 26.2 Å². The van der Waals surface area contributed by atoms with Gasteiger partial charge in [0.1, 0.15) is 0 Å². The fraction of sp³-hybridized carbons (Fsp3) is 0.923. The number of hydrogen-bond acceptors (Lipinski definition) is 5. The van der Waals surface area contributed by atoms with Crippen molar-refractivity contribution < 1.29 is 18.3 Å². The smallest absolute Gasteiger partial charge is 0.234 e. The van der Waals surface area contributed by atoms with Crippen LogP contribution in [0.1, 0.15) is 32.6 Å². The first-order valence-corrected chi connectivity index (χ1v) is 9.02. The van der Waals surface area contributed by atoms with Gasteiger partial charge >= 0.3 is 0 Å². The van der Waals surface area contributed by atoms with E-state index in [2.05, 4.69) is 5.32 Å². The number of carbonyl (C=O) groups is 1. The normalized spacial score (nSPS) is 29.4. The quantitative estimate of drug-likeness (QED) is 0.692. The number of carbonyl (C=O) groups excluding carboxylic acids is 1. The van der Waals surface area contributed by atoms with Gasteiger partial charge in [-0.2, -0.15) is 0 Å². The Bertz CT molecular complexity index is 461. The maximum Gasteiger partial charge on any atom is 0.234 e. The van der Waals surface area contributed by atoms with Crippen molar-refractivity contribution in [3.8, 4) is 0 Å². The summed E-state index contributed by atoms with van der Waals surface area (Å²) in [5.41, 5.74) is -0.638. The van der Waals surface area contributed by atoms with Crippen molar-refractivity contribution in [3.63, 3.8) is 0 Å². The Labute approximate surface area is 120 Å². The van der Waals surface area contributed by atoms with Gasteiger partial charge in [0.25, 0.3) is 0 Å². The number of aliphatic hydroxyl groups excluding tert-OH is 1. The Kier molecular flexibility index (Phi) is 4.71. The van der Waals surface area contributed by atoms with Gasteiger partial charge in [-0.1, -0.05) is 6.42 Å². The molecule has 1 aliphatic carbocycles. The van der Waals surface area contributed by atoms with Crippen molar-refractivity contribution in [1.82, 2.24) is 10.2 Å². The van der Waals surface area contributed by atoms with Crippen LogP contribution in [0.4, 0.5) is 0 Å².